The Morgan fingerprint density at radius 1 is 0.941 bits per heavy atom. The largest absolute Gasteiger partial charge is 0.367 e. The van der Waals surface area contributed by atoms with Crippen molar-refractivity contribution >= 4 is 29.1 Å². The number of hydrogen-bond donors (Lipinski definition) is 0. The van der Waals surface area contributed by atoms with Crippen molar-refractivity contribution < 1.29 is 9.59 Å². The van der Waals surface area contributed by atoms with Crippen molar-refractivity contribution in [1.82, 2.24) is 19.8 Å². The van der Waals surface area contributed by atoms with Gasteiger partial charge in [0.25, 0.3) is 5.91 Å². The molecule has 0 saturated carbocycles. The summed E-state index contributed by atoms with van der Waals surface area (Å²) in [7, 11) is 0. The summed E-state index contributed by atoms with van der Waals surface area (Å²) in [5.41, 5.74) is 3.02. The van der Waals surface area contributed by atoms with Gasteiger partial charge in [0, 0.05) is 51.9 Å². The maximum Gasteiger partial charge on any atom is 0.274 e. The Morgan fingerprint density at radius 2 is 1.65 bits per heavy atom. The van der Waals surface area contributed by atoms with Gasteiger partial charge in [-0.2, -0.15) is 0 Å². The molecule has 2 heterocycles. The molecule has 0 aliphatic carbocycles. The minimum atomic E-state index is -0.229. The zero-order chi connectivity index (χ0) is 23.9. The quantitative estimate of drug-likeness (QED) is 0.517. The minimum Gasteiger partial charge on any atom is -0.367 e. The number of anilines is 1. The number of nitrogens with zero attached hydrogens (tertiary/aromatic N) is 5. The smallest absolute Gasteiger partial charge is 0.274 e. The zero-order valence-corrected chi connectivity index (χ0v) is 20.0. The lowest BCUT2D eigenvalue weighted by molar-refractivity contribution is -0.131. The lowest BCUT2D eigenvalue weighted by atomic mass is 10.2. The summed E-state index contributed by atoms with van der Waals surface area (Å²) < 4.78 is 0. The highest BCUT2D eigenvalue weighted by atomic mass is 35.5. The molecule has 34 heavy (non-hydrogen) atoms. The van der Waals surface area contributed by atoms with Gasteiger partial charge in [-0.15, -0.1) is 0 Å². The molecule has 1 aliphatic rings. The summed E-state index contributed by atoms with van der Waals surface area (Å²) >= 11 is 6.33. The van der Waals surface area contributed by atoms with E-state index in [1.807, 2.05) is 66.4 Å². The number of carbonyl (C=O) groups excluding carboxylic acids is 2. The average molecular weight is 478 g/mol. The standard InChI is InChI=1S/C26H28ClN5O2/c1-20-17-29-23(18-28-20)26(34)32(19-21-7-3-2-4-8-21)12-11-25(33)31-15-13-30(14-16-31)24-10-6-5-9-22(24)27/h2-10,17-18H,11-16,19H2,1H3. The monoisotopic (exact) mass is 477 g/mol. The molecule has 7 nitrogen and oxygen atoms in total. The molecule has 1 fully saturated rings. The van der Waals surface area contributed by atoms with Crippen LogP contribution in [0.15, 0.2) is 67.0 Å². The minimum absolute atomic E-state index is 0.0414. The van der Waals surface area contributed by atoms with Crippen LogP contribution in [0.5, 0.6) is 0 Å². The van der Waals surface area contributed by atoms with E-state index in [9.17, 15) is 9.59 Å². The molecule has 0 unspecified atom stereocenters. The lowest BCUT2D eigenvalue weighted by Gasteiger charge is -2.36. The van der Waals surface area contributed by atoms with Crippen LogP contribution in [-0.2, 0) is 11.3 Å². The molecule has 8 heteroatoms. The molecule has 1 aliphatic heterocycles. The summed E-state index contributed by atoms with van der Waals surface area (Å²) in [6, 6.07) is 17.5. The van der Waals surface area contributed by atoms with Crippen LogP contribution in [0.4, 0.5) is 5.69 Å². The number of benzene rings is 2. The molecule has 4 rings (SSSR count). The second-order valence-corrected chi connectivity index (χ2v) is 8.73. The van der Waals surface area contributed by atoms with Crippen LogP contribution in [0, 0.1) is 6.92 Å². The van der Waals surface area contributed by atoms with Crippen LogP contribution in [0.3, 0.4) is 0 Å². The van der Waals surface area contributed by atoms with Crippen LogP contribution in [-0.4, -0.2) is 64.3 Å². The number of carbonyl (C=O) groups is 2. The van der Waals surface area contributed by atoms with E-state index in [4.69, 9.17) is 11.6 Å². The SMILES string of the molecule is Cc1cnc(C(=O)N(CCC(=O)N2CCN(c3ccccc3Cl)CC2)Cc2ccccc2)cn1. The fraction of sp³-hybridized carbons (Fsp3) is 0.308. The van der Waals surface area contributed by atoms with Gasteiger partial charge in [0.1, 0.15) is 5.69 Å². The molecule has 2 aromatic carbocycles. The molecule has 0 bridgehead atoms. The average Bonchev–Trinajstić information content (AvgIpc) is 2.87. The van der Waals surface area contributed by atoms with Gasteiger partial charge in [0.05, 0.1) is 22.6 Å². The van der Waals surface area contributed by atoms with Crippen LogP contribution in [0.2, 0.25) is 5.02 Å². The van der Waals surface area contributed by atoms with Gasteiger partial charge in [0.15, 0.2) is 0 Å². The Labute approximate surface area is 205 Å². The molecule has 0 atom stereocenters. The van der Waals surface area contributed by atoms with Gasteiger partial charge in [0.2, 0.25) is 5.91 Å². The maximum atomic E-state index is 13.2. The van der Waals surface area contributed by atoms with Crippen molar-refractivity contribution in [3.05, 3.63) is 89.0 Å². The maximum absolute atomic E-state index is 13.2. The highest BCUT2D eigenvalue weighted by Gasteiger charge is 2.24. The molecule has 3 aromatic rings. The number of aromatic nitrogens is 2. The molecule has 176 valence electrons. The molecule has 1 saturated heterocycles. The number of para-hydroxylation sites is 1. The molecule has 0 radical (unpaired) electrons. The first-order valence-electron chi connectivity index (χ1n) is 11.4. The van der Waals surface area contributed by atoms with Crippen molar-refractivity contribution in [3.63, 3.8) is 0 Å². The first kappa shape index (κ1) is 23.7. The highest BCUT2D eigenvalue weighted by Crippen LogP contribution is 2.26. The van der Waals surface area contributed by atoms with E-state index in [-0.39, 0.29) is 23.9 Å². The molecule has 0 N–H and O–H groups in total. The Morgan fingerprint density at radius 3 is 2.32 bits per heavy atom. The summed E-state index contributed by atoms with van der Waals surface area (Å²) in [5, 5.41) is 0.719. The molecular weight excluding hydrogens is 450 g/mol. The second kappa shape index (κ2) is 11.1. The predicted octanol–water partition coefficient (Wildman–Crippen LogP) is 3.82. The first-order valence-corrected chi connectivity index (χ1v) is 11.8. The van der Waals surface area contributed by atoms with Gasteiger partial charge in [-0.25, -0.2) is 4.98 Å². The molecule has 0 spiro atoms. The number of amides is 2. The van der Waals surface area contributed by atoms with Gasteiger partial charge in [-0.3, -0.25) is 14.6 Å². The third kappa shape index (κ3) is 5.91. The Kier molecular flexibility index (Phi) is 7.75. The summed E-state index contributed by atoms with van der Waals surface area (Å²) in [4.78, 5) is 40.3. The summed E-state index contributed by atoms with van der Waals surface area (Å²) in [6.45, 7) is 5.24. The van der Waals surface area contributed by atoms with E-state index in [1.54, 1.807) is 11.1 Å². The summed E-state index contributed by atoms with van der Waals surface area (Å²) in [5.74, 6) is -0.188. The second-order valence-electron chi connectivity index (χ2n) is 8.32. The van der Waals surface area contributed by atoms with Crippen LogP contribution in [0.1, 0.15) is 28.2 Å². The number of rotatable bonds is 7. The number of aryl methyl sites for hydroxylation is 1. The molecule has 2 amide bonds. The number of piperazine rings is 1. The van der Waals surface area contributed by atoms with Gasteiger partial charge in [-0.05, 0) is 24.6 Å². The summed E-state index contributed by atoms with van der Waals surface area (Å²) in [6.07, 6.45) is 3.33. The third-order valence-corrected chi connectivity index (χ3v) is 6.24. The van der Waals surface area contributed by atoms with Gasteiger partial charge >= 0.3 is 0 Å². The fourth-order valence-corrected chi connectivity index (χ4v) is 4.27. The van der Waals surface area contributed by atoms with Crippen molar-refractivity contribution in [3.8, 4) is 0 Å². The zero-order valence-electron chi connectivity index (χ0n) is 19.2. The van der Waals surface area contributed by atoms with E-state index in [0.717, 1.165) is 35.1 Å². The third-order valence-electron chi connectivity index (χ3n) is 5.92. The van der Waals surface area contributed by atoms with Crippen molar-refractivity contribution in [1.29, 1.82) is 0 Å². The predicted molar refractivity (Wildman–Crippen MR) is 133 cm³/mol. The van der Waals surface area contributed by atoms with Crippen LogP contribution < -0.4 is 4.90 Å². The van der Waals surface area contributed by atoms with Crippen LogP contribution >= 0.6 is 11.6 Å². The topological polar surface area (TPSA) is 69.6 Å². The van der Waals surface area contributed by atoms with E-state index >= 15 is 0 Å². The Balaban J connectivity index is 1.37. The first-order chi connectivity index (χ1) is 16.5. The highest BCUT2D eigenvalue weighted by molar-refractivity contribution is 6.33. The Hall–Kier alpha value is -3.45. The molecular formula is C26H28ClN5O2. The Bertz CT molecular complexity index is 1120. The van der Waals surface area contributed by atoms with E-state index in [1.165, 1.54) is 6.20 Å². The van der Waals surface area contributed by atoms with E-state index in [2.05, 4.69) is 14.9 Å². The fourth-order valence-electron chi connectivity index (χ4n) is 4.01. The number of hydrogen-bond acceptors (Lipinski definition) is 5. The molecule has 1 aromatic heterocycles. The normalized spacial score (nSPS) is 13.6. The van der Waals surface area contributed by atoms with Crippen LogP contribution in [0.25, 0.3) is 0 Å². The van der Waals surface area contributed by atoms with Crippen molar-refractivity contribution in [2.45, 2.75) is 19.9 Å². The van der Waals surface area contributed by atoms with E-state index in [0.29, 0.717) is 26.2 Å². The number of halogens is 1. The van der Waals surface area contributed by atoms with E-state index < -0.39 is 0 Å². The van der Waals surface area contributed by atoms with Gasteiger partial charge in [-0.1, -0.05) is 54.1 Å². The van der Waals surface area contributed by atoms with Crippen molar-refractivity contribution in [2.24, 2.45) is 0 Å². The van der Waals surface area contributed by atoms with Gasteiger partial charge < -0.3 is 14.7 Å². The van der Waals surface area contributed by atoms with Crippen molar-refractivity contribution in [2.75, 3.05) is 37.6 Å². The lowest BCUT2D eigenvalue weighted by Crippen LogP contribution is -2.49.